The van der Waals surface area contributed by atoms with Crippen molar-refractivity contribution in [2.45, 2.75) is 32.1 Å². The lowest BCUT2D eigenvalue weighted by Gasteiger charge is -2.01. The molecule has 0 saturated carbocycles. The molecule has 0 aliphatic heterocycles. The van der Waals surface area contributed by atoms with Gasteiger partial charge in [-0.25, -0.2) is 0 Å². The fourth-order valence-electron chi connectivity index (χ4n) is 1.47. The molecular formula is C11H22N4OS. The number of nitrogens with zero attached hydrogens (tertiary/aromatic N) is 2. The second-order valence-electron chi connectivity index (χ2n) is 3.87. The van der Waals surface area contributed by atoms with E-state index in [2.05, 4.69) is 21.8 Å². The molecule has 3 N–H and O–H groups in total. The van der Waals surface area contributed by atoms with Crippen molar-refractivity contribution in [2.75, 3.05) is 30.4 Å². The molecule has 1 rings (SSSR count). The van der Waals surface area contributed by atoms with Crippen molar-refractivity contribution >= 4 is 17.8 Å². The Bertz CT molecular complexity index is 293. The number of aromatic nitrogens is 2. The molecule has 1 aromatic heterocycles. The Labute approximate surface area is 107 Å². The van der Waals surface area contributed by atoms with Gasteiger partial charge in [-0.15, -0.1) is 5.10 Å². The molecule has 0 radical (unpaired) electrons. The second-order valence-corrected chi connectivity index (χ2v) is 4.86. The van der Waals surface area contributed by atoms with E-state index in [-0.39, 0.29) is 0 Å². The standard InChI is InChI=1S/C11H22N4OS/c1-17-9-5-3-2-4-8-13-11-15-14-10(16-11)6-7-12/h2-9,12H2,1H3,(H,13,15). The minimum absolute atomic E-state index is 0.512. The Morgan fingerprint density at radius 1 is 1.24 bits per heavy atom. The van der Waals surface area contributed by atoms with Gasteiger partial charge in [0.2, 0.25) is 5.89 Å². The maximum atomic E-state index is 5.40. The quantitative estimate of drug-likeness (QED) is 0.624. The predicted molar refractivity (Wildman–Crippen MR) is 72.4 cm³/mol. The summed E-state index contributed by atoms with van der Waals surface area (Å²) in [7, 11) is 0. The van der Waals surface area contributed by atoms with Gasteiger partial charge in [-0.3, -0.25) is 0 Å². The highest BCUT2D eigenvalue weighted by molar-refractivity contribution is 7.98. The topological polar surface area (TPSA) is 77.0 Å². The molecule has 0 atom stereocenters. The molecule has 1 aromatic rings. The fraction of sp³-hybridized carbons (Fsp3) is 0.818. The van der Waals surface area contributed by atoms with Crippen molar-refractivity contribution in [3.63, 3.8) is 0 Å². The number of rotatable bonds is 10. The van der Waals surface area contributed by atoms with Crippen LogP contribution in [0.15, 0.2) is 4.42 Å². The Morgan fingerprint density at radius 3 is 2.82 bits per heavy atom. The van der Waals surface area contributed by atoms with Crippen LogP contribution in [-0.4, -0.2) is 35.3 Å². The van der Waals surface area contributed by atoms with Crippen molar-refractivity contribution in [3.05, 3.63) is 5.89 Å². The second kappa shape index (κ2) is 9.30. The first-order chi connectivity index (χ1) is 8.36. The van der Waals surface area contributed by atoms with E-state index in [4.69, 9.17) is 10.2 Å². The summed E-state index contributed by atoms with van der Waals surface area (Å²) in [5.41, 5.74) is 5.40. The van der Waals surface area contributed by atoms with E-state index < -0.39 is 0 Å². The molecule has 98 valence electrons. The summed E-state index contributed by atoms with van der Waals surface area (Å²) in [4.78, 5) is 0. The highest BCUT2D eigenvalue weighted by Crippen LogP contribution is 2.07. The molecule has 0 spiro atoms. The predicted octanol–water partition coefficient (Wildman–Crippen LogP) is 1.91. The van der Waals surface area contributed by atoms with Gasteiger partial charge >= 0.3 is 6.01 Å². The molecule has 0 saturated heterocycles. The van der Waals surface area contributed by atoms with E-state index in [1.165, 1.54) is 25.0 Å². The Kier molecular flexibility index (Phi) is 7.83. The average Bonchev–Trinajstić information content (AvgIpc) is 2.76. The summed E-state index contributed by atoms with van der Waals surface area (Å²) in [5.74, 6) is 1.87. The summed E-state index contributed by atoms with van der Waals surface area (Å²) < 4.78 is 5.35. The van der Waals surface area contributed by atoms with Crippen LogP contribution in [0.25, 0.3) is 0 Å². The monoisotopic (exact) mass is 258 g/mol. The van der Waals surface area contributed by atoms with E-state index in [1.807, 2.05) is 11.8 Å². The zero-order chi connectivity index (χ0) is 12.3. The first-order valence-electron chi connectivity index (χ1n) is 6.12. The molecule has 0 amide bonds. The van der Waals surface area contributed by atoms with Gasteiger partial charge in [0.15, 0.2) is 0 Å². The van der Waals surface area contributed by atoms with Gasteiger partial charge in [-0.05, 0) is 24.9 Å². The normalized spacial score (nSPS) is 10.7. The third kappa shape index (κ3) is 6.53. The number of nitrogens with two attached hydrogens (primary N) is 1. The van der Waals surface area contributed by atoms with Crippen molar-refractivity contribution in [3.8, 4) is 0 Å². The van der Waals surface area contributed by atoms with E-state index in [0.717, 1.165) is 13.0 Å². The molecule has 5 nitrogen and oxygen atoms in total. The highest BCUT2D eigenvalue weighted by Gasteiger charge is 2.03. The van der Waals surface area contributed by atoms with Crippen LogP contribution in [0.2, 0.25) is 0 Å². The summed E-state index contributed by atoms with van der Waals surface area (Å²) in [6, 6.07) is 0.512. The smallest absolute Gasteiger partial charge is 0.315 e. The molecule has 0 fully saturated rings. The lowest BCUT2D eigenvalue weighted by atomic mass is 10.2. The minimum atomic E-state index is 0.512. The Balaban J connectivity index is 2.01. The Hall–Kier alpha value is -0.750. The molecule has 0 aromatic carbocycles. The van der Waals surface area contributed by atoms with Crippen LogP contribution < -0.4 is 11.1 Å². The third-order valence-electron chi connectivity index (χ3n) is 2.38. The van der Waals surface area contributed by atoms with Gasteiger partial charge in [-0.2, -0.15) is 11.8 Å². The SMILES string of the molecule is CSCCCCCCNc1nnc(CCN)o1. The number of anilines is 1. The zero-order valence-electron chi connectivity index (χ0n) is 10.4. The van der Waals surface area contributed by atoms with Crippen LogP contribution in [0.3, 0.4) is 0 Å². The molecule has 0 aliphatic carbocycles. The average molecular weight is 258 g/mol. The van der Waals surface area contributed by atoms with Crippen molar-refractivity contribution in [2.24, 2.45) is 5.73 Å². The van der Waals surface area contributed by atoms with Gasteiger partial charge in [0.1, 0.15) is 0 Å². The lowest BCUT2D eigenvalue weighted by molar-refractivity contribution is 0.504. The summed E-state index contributed by atoms with van der Waals surface area (Å²) in [6.45, 7) is 1.43. The number of hydrogen-bond acceptors (Lipinski definition) is 6. The van der Waals surface area contributed by atoms with E-state index in [9.17, 15) is 0 Å². The molecule has 0 unspecified atom stereocenters. The highest BCUT2D eigenvalue weighted by atomic mass is 32.2. The van der Waals surface area contributed by atoms with E-state index in [0.29, 0.717) is 24.9 Å². The maximum absolute atomic E-state index is 5.40. The van der Waals surface area contributed by atoms with Gasteiger partial charge in [0, 0.05) is 19.5 Å². The molecular weight excluding hydrogens is 236 g/mol. The first-order valence-corrected chi connectivity index (χ1v) is 7.51. The zero-order valence-corrected chi connectivity index (χ0v) is 11.3. The van der Waals surface area contributed by atoms with Gasteiger partial charge in [0.05, 0.1) is 0 Å². The Morgan fingerprint density at radius 2 is 2.06 bits per heavy atom. The maximum Gasteiger partial charge on any atom is 0.315 e. The number of hydrogen-bond donors (Lipinski definition) is 2. The lowest BCUT2D eigenvalue weighted by Crippen LogP contribution is -2.02. The first kappa shape index (κ1) is 14.3. The van der Waals surface area contributed by atoms with Crippen LogP contribution >= 0.6 is 11.8 Å². The van der Waals surface area contributed by atoms with E-state index >= 15 is 0 Å². The van der Waals surface area contributed by atoms with Crippen molar-refractivity contribution < 1.29 is 4.42 Å². The number of thioether (sulfide) groups is 1. The summed E-state index contributed by atoms with van der Waals surface area (Å²) in [5, 5.41) is 10.9. The van der Waals surface area contributed by atoms with Crippen LogP contribution in [0.5, 0.6) is 0 Å². The molecule has 0 bridgehead atoms. The van der Waals surface area contributed by atoms with Crippen LogP contribution in [0, 0.1) is 0 Å². The van der Waals surface area contributed by atoms with Crippen molar-refractivity contribution in [1.29, 1.82) is 0 Å². The fourth-order valence-corrected chi connectivity index (χ4v) is 1.96. The van der Waals surface area contributed by atoms with Gasteiger partial charge < -0.3 is 15.5 Å². The van der Waals surface area contributed by atoms with Gasteiger partial charge in [-0.1, -0.05) is 17.9 Å². The number of nitrogens with one attached hydrogen (secondary N) is 1. The molecule has 17 heavy (non-hydrogen) atoms. The minimum Gasteiger partial charge on any atom is -0.408 e. The summed E-state index contributed by atoms with van der Waals surface area (Å²) >= 11 is 1.91. The summed E-state index contributed by atoms with van der Waals surface area (Å²) in [6.07, 6.45) is 7.78. The van der Waals surface area contributed by atoms with Crippen LogP contribution in [-0.2, 0) is 6.42 Å². The molecule has 0 aliphatic rings. The van der Waals surface area contributed by atoms with E-state index in [1.54, 1.807) is 0 Å². The van der Waals surface area contributed by atoms with Crippen molar-refractivity contribution in [1.82, 2.24) is 10.2 Å². The molecule has 6 heteroatoms. The largest absolute Gasteiger partial charge is 0.408 e. The number of unbranched alkanes of at least 4 members (excludes halogenated alkanes) is 3. The van der Waals surface area contributed by atoms with Gasteiger partial charge in [0.25, 0.3) is 0 Å². The van der Waals surface area contributed by atoms with Crippen LogP contribution in [0.1, 0.15) is 31.6 Å². The third-order valence-corrected chi connectivity index (χ3v) is 3.07. The molecule has 1 heterocycles. The van der Waals surface area contributed by atoms with Crippen LogP contribution in [0.4, 0.5) is 6.01 Å².